The Bertz CT molecular complexity index is 811. The van der Waals surface area contributed by atoms with Crippen molar-refractivity contribution in [1.29, 1.82) is 0 Å². The molecule has 1 unspecified atom stereocenters. The van der Waals surface area contributed by atoms with Gasteiger partial charge in [0.2, 0.25) is 0 Å². The number of piperidine rings is 1. The molecule has 5 heteroatoms. The number of halogens is 1. The average molecular weight is 366 g/mol. The molecule has 1 spiro atoms. The van der Waals surface area contributed by atoms with E-state index in [2.05, 4.69) is 32.2 Å². The molecule has 2 aliphatic heterocycles. The highest BCUT2D eigenvalue weighted by atomic mass is 19.1. The first kappa shape index (κ1) is 16.8. The van der Waals surface area contributed by atoms with Crippen LogP contribution in [-0.4, -0.2) is 37.2 Å². The predicted octanol–water partition coefficient (Wildman–Crippen LogP) is 4.29. The van der Waals surface area contributed by atoms with Crippen LogP contribution in [0, 0.1) is 11.2 Å². The van der Waals surface area contributed by atoms with Gasteiger partial charge in [0.05, 0.1) is 0 Å². The molecule has 1 aliphatic carbocycles. The van der Waals surface area contributed by atoms with Gasteiger partial charge in [-0.3, -0.25) is 0 Å². The van der Waals surface area contributed by atoms with Crippen molar-refractivity contribution >= 4 is 17.2 Å². The Kier molecular flexibility index (Phi) is 4.18. The highest BCUT2D eigenvalue weighted by Gasteiger charge is 2.47. The van der Waals surface area contributed by atoms with E-state index < -0.39 is 0 Å². The zero-order valence-corrected chi connectivity index (χ0v) is 15.7. The van der Waals surface area contributed by atoms with Crippen LogP contribution in [0.3, 0.4) is 0 Å². The molecule has 0 radical (unpaired) electrons. The summed E-state index contributed by atoms with van der Waals surface area (Å²) in [4.78, 5) is 9.29. The van der Waals surface area contributed by atoms with E-state index in [9.17, 15) is 4.39 Å². The van der Waals surface area contributed by atoms with Gasteiger partial charge in [0, 0.05) is 61.3 Å². The number of rotatable bonds is 4. The van der Waals surface area contributed by atoms with Gasteiger partial charge in [-0.2, -0.15) is 0 Å². The number of nitrogens with zero attached hydrogens (tertiary/aromatic N) is 3. The highest BCUT2D eigenvalue weighted by Crippen LogP contribution is 2.49. The highest BCUT2D eigenvalue weighted by molar-refractivity contribution is 5.57. The van der Waals surface area contributed by atoms with Crippen LogP contribution in [0.15, 0.2) is 42.6 Å². The van der Waals surface area contributed by atoms with E-state index >= 15 is 0 Å². The normalized spacial score (nSPS) is 23.7. The lowest BCUT2D eigenvalue weighted by atomic mass is 9.63. The SMILES string of the molecule is Fc1cccc(N2CCCC(Nc3cc(N4CC5(CCC5)C4)ccn3)C2)c1. The minimum Gasteiger partial charge on any atom is -0.370 e. The quantitative estimate of drug-likeness (QED) is 0.875. The largest absolute Gasteiger partial charge is 0.370 e. The number of hydrogen-bond acceptors (Lipinski definition) is 4. The van der Waals surface area contributed by atoms with Crippen molar-refractivity contribution in [3.05, 3.63) is 48.4 Å². The molecule has 0 amide bonds. The van der Waals surface area contributed by atoms with E-state index in [1.54, 1.807) is 12.1 Å². The third-order valence-electron chi connectivity index (χ3n) is 6.52. The van der Waals surface area contributed by atoms with Crippen LogP contribution in [0.2, 0.25) is 0 Å². The van der Waals surface area contributed by atoms with Gasteiger partial charge in [0.15, 0.2) is 0 Å². The van der Waals surface area contributed by atoms with Crippen molar-refractivity contribution < 1.29 is 4.39 Å². The molecular formula is C22H27FN4. The van der Waals surface area contributed by atoms with Gasteiger partial charge in [-0.1, -0.05) is 12.5 Å². The van der Waals surface area contributed by atoms with Gasteiger partial charge in [-0.05, 0) is 49.9 Å². The minimum absolute atomic E-state index is 0.171. The molecule has 1 atom stereocenters. The van der Waals surface area contributed by atoms with E-state index in [1.165, 1.54) is 44.1 Å². The minimum atomic E-state index is -0.171. The van der Waals surface area contributed by atoms with Crippen molar-refractivity contribution in [1.82, 2.24) is 4.98 Å². The number of nitrogens with one attached hydrogen (secondary N) is 1. The van der Waals surface area contributed by atoms with Crippen LogP contribution in [0.5, 0.6) is 0 Å². The van der Waals surface area contributed by atoms with E-state index in [1.807, 2.05) is 12.3 Å². The van der Waals surface area contributed by atoms with Gasteiger partial charge in [0.25, 0.3) is 0 Å². The zero-order chi connectivity index (χ0) is 18.3. The Morgan fingerprint density at radius 1 is 1.04 bits per heavy atom. The van der Waals surface area contributed by atoms with Gasteiger partial charge >= 0.3 is 0 Å². The van der Waals surface area contributed by atoms with Crippen molar-refractivity contribution in [3.63, 3.8) is 0 Å². The molecule has 2 saturated heterocycles. The summed E-state index contributed by atoms with van der Waals surface area (Å²) in [5.41, 5.74) is 2.88. The second-order valence-electron chi connectivity index (χ2n) is 8.52. The van der Waals surface area contributed by atoms with Gasteiger partial charge in [0.1, 0.15) is 11.6 Å². The Balaban J connectivity index is 1.23. The molecular weight excluding hydrogens is 339 g/mol. The van der Waals surface area contributed by atoms with Crippen molar-refractivity contribution in [2.24, 2.45) is 5.41 Å². The molecule has 1 saturated carbocycles. The summed E-state index contributed by atoms with van der Waals surface area (Å²) in [6.45, 7) is 4.26. The molecule has 1 aromatic heterocycles. The Morgan fingerprint density at radius 2 is 1.89 bits per heavy atom. The van der Waals surface area contributed by atoms with Gasteiger partial charge in [-0.25, -0.2) is 9.37 Å². The molecule has 1 N–H and O–H groups in total. The smallest absolute Gasteiger partial charge is 0.128 e. The lowest BCUT2D eigenvalue weighted by Gasteiger charge is -2.57. The number of aromatic nitrogens is 1. The van der Waals surface area contributed by atoms with Crippen LogP contribution in [0.1, 0.15) is 32.1 Å². The van der Waals surface area contributed by atoms with Crippen LogP contribution in [0.4, 0.5) is 21.6 Å². The summed E-state index contributed by atoms with van der Waals surface area (Å²) in [5.74, 6) is 0.781. The summed E-state index contributed by atoms with van der Waals surface area (Å²) in [5, 5.41) is 3.61. The third kappa shape index (κ3) is 3.35. The van der Waals surface area contributed by atoms with E-state index in [0.717, 1.165) is 37.4 Å². The molecule has 3 fully saturated rings. The summed E-state index contributed by atoms with van der Waals surface area (Å²) in [6, 6.07) is 11.5. The predicted molar refractivity (Wildman–Crippen MR) is 108 cm³/mol. The Labute approximate surface area is 160 Å². The fraction of sp³-hybridized carbons (Fsp3) is 0.500. The summed E-state index contributed by atoms with van der Waals surface area (Å²) >= 11 is 0. The lowest BCUT2D eigenvalue weighted by molar-refractivity contribution is 0.0904. The van der Waals surface area contributed by atoms with Gasteiger partial charge < -0.3 is 15.1 Å². The van der Waals surface area contributed by atoms with E-state index in [4.69, 9.17) is 0 Å². The molecule has 2 aromatic rings. The maximum absolute atomic E-state index is 13.6. The van der Waals surface area contributed by atoms with Crippen LogP contribution >= 0.6 is 0 Å². The maximum Gasteiger partial charge on any atom is 0.128 e. The van der Waals surface area contributed by atoms with Crippen LogP contribution in [-0.2, 0) is 0 Å². The molecule has 142 valence electrons. The lowest BCUT2D eigenvalue weighted by Crippen LogP contribution is -2.59. The number of benzene rings is 1. The fourth-order valence-electron chi connectivity index (χ4n) is 4.85. The molecule has 3 aliphatic rings. The fourth-order valence-corrected chi connectivity index (χ4v) is 4.85. The summed E-state index contributed by atoms with van der Waals surface area (Å²) < 4.78 is 13.6. The van der Waals surface area contributed by atoms with Crippen molar-refractivity contribution in [2.45, 2.75) is 38.1 Å². The van der Waals surface area contributed by atoms with Gasteiger partial charge in [-0.15, -0.1) is 0 Å². The Hall–Kier alpha value is -2.30. The van der Waals surface area contributed by atoms with E-state index in [0.29, 0.717) is 11.5 Å². The zero-order valence-electron chi connectivity index (χ0n) is 15.7. The third-order valence-corrected chi connectivity index (χ3v) is 6.52. The first-order valence-electron chi connectivity index (χ1n) is 10.2. The first-order valence-corrected chi connectivity index (χ1v) is 10.2. The molecule has 3 heterocycles. The standard InChI is InChI=1S/C22H27FN4/c23-17-4-1-6-19(12-17)26-11-2-5-18(14-26)25-21-13-20(7-10-24-21)27-15-22(16-27)8-3-9-22/h1,4,6-7,10,12-13,18H,2-3,5,8-9,11,14-16H2,(H,24,25). The molecule has 5 rings (SSSR count). The Morgan fingerprint density at radius 3 is 2.67 bits per heavy atom. The van der Waals surface area contributed by atoms with Crippen LogP contribution < -0.4 is 15.1 Å². The van der Waals surface area contributed by atoms with E-state index in [-0.39, 0.29) is 5.82 Å². The summed E-state index contributed by atoms with van der Waals surface area (Å²) in [6.07, 6.45) is 8.33. The molecule has 4 nitrogen and oxygen atoms in total. The summed E-state index contributed by atoms with van der Waals surface area (Å²) in [7, 11) is 0. The van der Waals surface area contributed by atoms with Crippen molar-refractivity contribution in [2.75, 3.05) is 41.3 Å². The average Bonchev–Trinajstić information content (AvgIpc) is 2.60. The second kappa shape index (κ2) is 6.70. The first-order chi connectivity index (χ1) is 13.2. The monoisotopic (exact) mass is 366 g/mol. The number of pyridine rings is 1. The molecule has 1 aromatic carbocycles. The number of hydrogen-bond donors (Lipinski definition) is 1. The molecule has 27 heavy (non-hydrogen) atoms. The maximum atomic E-state index is 13.6. The van der Waals surface area contributed by atoms with Crippen molar-refractivity contribution in [3.8, 4) is 0 Å². The second-order valence-corrected chi connectivity index (χ2v) is 8.52. The number of anilines is 3. The topological polar surface area (TPSA) is 31.4 Å². The molecule has 0 bridgehead atoms. The van der Waals surface area contributed by atoms with Crippen LogP contribution in [0.25, 0.3) is 0 Å².